The summed E-state index contributed by atoms with van der Waals surface area (Å²) in [4.78, 5) is 4.26. The number of anilines is 1. The Bertz CT molecular complexity index is 439. The number of halogens is 2. The Hall–Kier alpha value is -0.930. The van der Waals surface area contributed by atoms with E-state index in [9.17, 15) is 0 Å². The molecular formula is C11H13Cl2N3. The van der Waals surface area contributed by atoms with Crippen LogP contribution in [0.25, 0.3) is 0 Å². The minimum absolute atomic E-state index is 0.382. The quantitative estimate of drug-likeness (QED) is 0.632. The third-order valence-corrected chi connectivity index (χ3v) is 3.10. The van der Waals surface area contributed by atoms with Crippen molar-refractivity contribution >= 4 is 34.8 Å². The zero-order valence-corrected chi connectivity index (χ0v) is 10.4. The van der Waals surface area contributed by atoms with Crippen LogP contribution in [0.1, 0.15) is 18.4 Å². The van der Waals surface area contributed by atoms with Crippen molar-refractivity contribution in [3.63, 3.8) is 0 Å². The van der Waals surface area contributed by atoms with E-state index in [1.807, 2.05) is 6.92 Å². The van der Waals surface area contributed by atoms with Crippen LogP contribution in [0.5, 0.6) is 0 Å². The summed E-state index contributed by atoms with van der Waals surface area (Å²) in [6.07, 6.45) is 2.23. The van der Waals surface area contributed by atoms with Crippen LogP contribution in [0.15, 0.2) is 17.1 Å². The zero-order valence-electron chi connectivity index (χ0n) is 8.93. The Morgan fingerprint density at radius 2 is 2.06 bits per heavy atom. The smallest absolute Gasteiger partial charge is 0.193 e. The average molecular weight is 258 g/mol. The second-order valence-corrected chi connectivity index (χ2v) is 4.77. The molecule has 1 aliphatic rings. The van der Waals surface area contributed by atoms with Crippen LogP contribution in [0.3, 0.4) is 0 Å². The number of aliphatic imine (C=N–C) groups is 1. The lowest BCUT2D eigenvalue weighted by atomic mass is 10.2. The van der Waals surface area contributed by atoms with Crippen LogP contribution in [-0.4, -0.2) is 12.0 Å². The van der Waals surface area contributed by atoms with E-state index in [0.717, 1.165) is 18.4 Å². The fraction of sp³-hybridized carbons (Fsp3) is 0.364. The normalized spacial score (nSPS) is 16.3. The molecule has 2 rings (SSSR count). The Morgan fingerprint density at radius 3 is 2.69 bits per heavy atom. The van der Waals surface area contributed by atoms with E-state index in [1.165, 1.54) is 0 Å². The fourth-order valence-electron chi connectivity index (χ4n) is 1.31. The van der Waals surface area contributed by atoms with Gasteiger partial charge in [0.25, 0.3) is 0 Å². The second-order valence-electron chi connectivity index (χ2n) is 3.95. The summed E-state index contributed by atoms with van der Waals surface area (Å²) in [5.74, 6) is 0.393. The highest BCUT2D eigenvalue weighted by atomic mass is 35.5. The highest BCUT2D eigenvalue weighted by molar-refractivity contribution is 6.36. The molecule has 1 aliphatic carbocycles. The minimum Gasteiger partial charge on any atom is -0.370 e. The Kier molecular flexibility index (Phi) is 3.26. The molecule has 0 unspecified atom stereocenters. The van der Waals surface area contributed by atoms with Gasteiger partial charge in [-0.15, -0.1) is 0 Å². The standard InChI is InChI=1S/C11H13Cl2N3/c1-6-4-9(13)10(5-8(6)12)16-11(14)15-7-2-3-7/h4-5,7H,2-3H2,1H3,(H3,14,15,16). The molecule has 1 aromatic carbocycles. The van der Waals surface area contributed by atoms with Gasteiger partial charge in [0.15, 0.2) is 5.96 Å². The second kappa shape index (κ2) is 4.52. The Morgan fingerprint density at radius 1 is 1.38 bits per heavy atom. The van der Waals surface area contributed by atoms with Gasteiger partial charge >= 0.3 is 0 Å². The molecule has 1 fully saturated rings. The molecule has 1 saturated carbocycles. The topological polar surface area (TPSA) is 50.4 Å². The Labute approximate surface area is 105 Å². The molecule has 0 atom stereocenters. The molecule has 0 saturated heterocycles. The summed E-state index contributed by atoms with van der Waals surface area (Å²) in [5.41, 5.74) is 7.37. The number of hydrogen-bond acceptors (Lipinski definition) is 1. The van der Waals surface area contributed by atoms with Crippen molar-refractivity contribution < 1.29 is 0 Å². The van der Waals surface area contributed by atoms with Gasteiger partial charge in [0.05, 0.1) is 16.8 Å². The van der Waals surface area contributed by atoms with Gasteiger partial charge in [-0.3, -0.25) is 0 Å². The summed E-state index contributed by atoms with van der Waals surface area (Å²) in [5, 5.41) is 4.21. The van der Waals surface area contributed by atoms with E-state index in [0.29, 0.717) is 27.7 Å². The van der Waals surface area contributed by atoms with Gasteiger partial charge in [0, 0.05) is 5.02 Å². The summed E-state index contributed by atoms with van der Waals surface area (Å²) in [6.45, 7) is 1.90. The van der Waals surface area contributed by atoms with E-state index < -0.39 is 0 Å². The maximum absolute atomic E-state index is 6.07. The van der Waals surface area contributed by atoms with Crippen molar-refractivity contribution in [2.45, 2.75) is 25.8 Å². The van der Waals surface area contributed by atoms with Crippen molar-refractivity contribution in [3.8, 4) is 0 Å². The maximum atomic E-state index is 6.07. The fourth-order valence-corrected chi connectivity index (χ4v) is 1.74. The number of nitrogens with one attached hydrogen (secondary N) is 1. The van der Waals surface area contributed by atoms with Crippen LogP contribution < -0.4 is 11.1 Å². The lowest BCUT2D eigenvalue weighted by Crippen LogP contribution is -2.23. The summed E-state index contributed by atoms with van der Waals surface area (Å²) < 4.78 is 0. The minimum atomic E-state index is 0.382. The van der Waals surface area contributed by atoms with Gasteiger partial charge in [0.1, 0.15) is 0 Å². The number of aryl methyl sites for hydroxylation is 1. The lowest BCUT2D eigenvalue weighted by Gasteiger charge is -2.09. The first-order valence-electron chi connectivity index (χ1n) is 5.12. The van der Waals surface area contributed by atoms with Crippen molar-refractivity contribution in [1.82, 2.24) is 0 Å². The van der Waals surface area contributed by atoms with Gasteiger partial charge in [-0.2, -0.15) is 0 Å². The van der Waals surface area contributed by atoms with Crippen LogP contribution in [-0.2, 0) is 0 Å². The van der Waals surface area contributed by atoms with E-state index in [2.05, 4.69) is 10.3 Å². The SMILES string of the molecule is Cc1cc(Cl)c(NC(N)=NC2CC2)cc1Cl. The van der Waals surface area contributed by atoms with Crippen molar-refractivity contribution in [2.75, 3.05) is 5.32 Å². The highest BCUT2D eigenvalue weighted by Gasteiger charge is 2.20. The molecule has 0 heterocycles. The number of benzene rings is 1. The third kappa shape index (κ3) is 2.80. The average Bonchev–Trinajstić information content (AvgIpc) is 2.98. The molecule has 0 amide bonds. The van der Waals surface area contributed by atoms with E-state index in [4.69, 9.17) is 28.9 Å². The van der Waals surface area contributed by atoms with E-state index >= 15 is 0 Å². The monoisotopic (exact) mass is 257 g/mol. The van der Waals surface area contributed by atoms with Crippen LogP contribution in [0.2, 0.25) is 10.0 Å². The number of guanidine groups is 1. The summed E-state index contributed by atoms with van der Waals surface area (Å²) >= 11 is 12.1. The first kappa shape index (κ1) is 11.6. The molecular weight excluding hydrogens is 245 g/mol. The molecule has 5 heteroatoms. The van der Waals surface area contributed by atoms with E-state index in [-0.39, 0.29) is 0 Å². The van der Waals surface area contributed by atoms with Gasteiger partial charge in [-0.25, -0.2) is 4.99 Å². The third-order valence-electron chi connectivity index (χ3n) is 2.38. The van der Waals surface area contributed by atoms with Crippen molar-refractivity contribution in [3.05, 3.63) is 27.7 Å². The zero-order chi connectivity index (χ0) is 11.7. The van der Waals surface area contributed by atoms with Crippen molar-refractivity contribution in [1.29, 1.82) is 0 Å². The van der Waals surface area contributed by atoms with Crippen LogP contribution >= 0.6 is 23.2 Å². The van der Waals surface area contributed by atoms with Gasteiger partial charge < -0.3 is 11.1 Å². The lowest BCUT2D eigenvalue weighted by molar-refractivity contribution is 1.06. The molecule has 3 nitrogen and oxygen atoms in total. The van der Waals surface area contributed by atoms with Gasteiger partial charge in [-0.1, -0.05) is 23.2 Å². The number of nitrogens with two attached hydrogens (primary N) is 1. The van der Waals surface area contributed by atoms with Crippen molar-refractivity contribution in [2.24, 2.45) is 10.7 Å². The summed E-state index contributed by atoms with van der Waals surface area (Å²) in [7, 11) is 0. The van der Waals surface area contributed by atoms with Gasteiger partial charge in [-0.05, 0) is 37.5 Å². The van der Waals surface area contributed by atoms with Crippen LogP contribution in [0.4, 0.5) is 5.69 Å². The highest BCUT2D eigenvalue weighted by Crippen LogP contribution is 2.29. The number of hydrogen-bond donors (Lipinski definition) is 2. The Balaban J connectivity index is 2.17. The first-order chi connectivity index (χ1) is 7.56. The molecule has 0 bridgehead atoms. The molecule has 86 valence electrons. The molecule has 1 aromatic rings. The molecule has 16 heavy (non-hydrogen) atoms. The first-order valence-corrected chi connectivity index (χ1v) is 5.88. The molecule has 0 spiro atoms. The predicted octanol–water partition coefficient (Wildman–Crippen LogP) is 3.19. The van der Waals surface area contributed by atoms with Crippen LogP contribution in [0, 0.1) is 6.92 Å². The number of nitrogens with zero attached hydrogens (tertiary/aromatic N) is 1. The largest absolute Gasteiger partial charge is 0.370 e. The molecule has 0 aliphatic heterocycles. The number of rotatable bonds is 2. The van der Waals surface area contributed by atoms with Gasteiger partial charge in [0.2, 0.25) is 0 Å². The molecule has 3 N–H and O–H groups in total. The summed E-state index contributed by atoms with van der Waals surface area (Å²) in [6, 6.07) is 3.94. The maximum Gasteiger partial charge on any atom is 0.193 e. The molecule has 0 aromatic heterocycles. The van der Waals surface area contributed by atoms with E-state index in [1.54, 1.807) is 12.1 Å². The predicted molar refractivity (Wildman–Crippen MR) is 69.5 cm³/mol. The molecule has 0 radical (unpaired) electrons.